The molecule has 0 bridgehead atoms. The zero-order chi connectivity index (χ0) is 13.2. The van der Waals surface area contributed by atoms with Gasteiger partial charge in [-0.25, -0.2) is 0 Å². The zero-order valence-corrected chi connectivity index (χ0v) is 12.6. The monoisotopic (exact) mass is 265 g/mol. The third-order valence-corrected chi connectivity index (χ3v) is 4.95. The highest BCUT2D eigenvalue weighted by atomic mass is 35.5. The fraction of sp³-hybridized carbons (Fsp3) is 0.625. The second-order valence-corrected chi connectivity index (χ2v) is 6.16. The van der Waals surface area contributed by atoms with Gasteiger partial charge in [0.15, 0.2) is 0 Å². The van der Waals surface area contributed by atoms with E-state index in [1.165, 1.54) is 49.2 Å². The molecule has 0 aliphatic carbocycles. The van der Waals surface area contributed by atoms with Crippen molar-refractivity contribution in [1.29, 1.82) is 0 Å². The molecular weight excluding hydrogens is 242 g/mol. The maximum Gasteiger partial charge on any atom is 0.0476 e. The number of nitrogens with zero attached hydrogens (tertiary/aromatic N) is 1. The molecule has 1 aromatic rings. The molecule has 2 rings (SSSR count). The van der Waals surface area contributed by atoms with E-state index in [0.717, 1.165) is 0 Å². The van der Waals surface area contributed by atoms with Crippen LogP contribution in [0.2, 0.25) is 0 Å². The van der Waals surface area contributed by atoms with Crippen molar-refractivity contribution < 1.29 is 0 Å². The molecule has 100 valence electrons. The lowest BCUT2D eigenvalue weighted by Crippen LogP contribution is -2.38. The number of halogens is 1. The number of hydrogen-bond donors (Lipinski definition) is 0. The highest BCUT2D eigenvalue weighted by Crippen LogP contribution is 2.35. The van der Waals surface area contributed by atoms with Crippen molar-refractivity contribution in [3.63, 3.8) is 0 Å². The summed E-state index contributed by atoms with van der Waals surface area (Å²) in [5.41, 5.74) is 4.48. The predicted molar refractivity (Wildman–Crippen MR) is 80.6 cm³/mol. The standard InChI is InChI=1S/C16H24ClN/c1-4-16(3)7-9-18(10-8-16)15-6-5-14(12-17)13(2)11-15/h5-6,11H,4,7-10,12H2,1-3H3. The van der Waals surface area contributed by atoms with Gasteiger partial charge in [-0.3, -0.25) is 0 Å². The van der Waals surface area contributed by atoms with E-state index in [1.54, 1.807) is 0 Å². The minimum atomic E-state index is 0.557. The van der Waals surface area contributed by atoms with E-state index in [9.17, 15) is 0 Å². The molecule has 0 N–H and O–H groups in total. The van der Waals surface area contributed by atoms with Gasteiger partial charge >= 0.3 is 0 Å². The first kappa shape index (κ1) is 13.7. The van der Waals surface area contributed by atoms with Crippen molar-refractivity contribution in [3.05, 3.63) is 29.3 Å². The minimum Gasteiger partial charge on any atom is -0.371 e. The van der Waals surface area contributed by atoms with Gasteiger partial charge < -0.3 is 4.90 Å². The maximum absolute atomic E-state index is 5.91. The van der Waals surface area contributed by atoms with Gasteiger partial charge in [-0.1, -0.05) is 26.3 Å². The number of benzene rings is 1. The van der Waals surface area contributed by atoms with E-state index in [2.05, 4.69) is 43.9 Å². The lowest BCUT2D eigenvalue weighted by molar-refractivity contribution is 0.238. The van der Waals surface area contributed by atoms with Gasteiger partial charge in [-0.15, -0.1) is 11.6 Å². The first-order valence-corrected chi connectivity index (χ1v) is 7.52. The predicted octanol–water partition coefficient (Wildman–Crippen LogP) is 4.75. The van der Waals surface area contributed by atoms with Crippen LogP contribution in [0.4, 0.5) is 5.69 Å². The maximum atomic E-state index is 5.91. The Morgan fingerprint density at radius 1 is 1.28 bits per heavy atom. The molecule has 1 heterocycles. The molecule has 0 unspecified atom stereocenters. The van der Waals surface area contributed by atoms with Crippen LogP contribution >= 0.6 is 11.6 Å². The fourth-order valence-electron chi connectivity index (χ4n) is 2.68. The van der Waals surface area contributed by atoms with Crippen LogP contribution in [0, 0.1) is 12.3 Å². The summed E-state index contributed by atoms with van der Waals surface area (Å²) in [5.74, 6) is 0.611. The third-order valence-electron chi connectivity index (χ3n) is 4.66. The smallest absolute Gasteiger partial charge is 0.0476 e. The molecule has 0 spiro atoms. The lowest BCUT2D eigenvalue weighted by Gasteiger charge is -2.40. The average molecular weight is 266 g/mol. The Bertz CT molecular complexity index is 406. The number of rotatable bonds is 3. The number of alkyl halides is 1. The zero-order valence-electron chi connectivity index (χ0n) is 11.8. The lowest BCUT2D eigenvalue weighted by atomic mass is 9.78. The van der Waals surface area contributed by atoms with E-state index < -0.39 is 0 Å². The summed E-state index contributed by atoms with van der Waals surface area (Å²) in [6, 6.07) is 6.68. The van der Waals surface area contributed by atoms with Gasteiger partial charge in [-0.2, -0.15) is 0 Å². The Kier molecular flexibility index (Phi) is 4.21. The van der Waals surface area contributed by atoms with Gasteiger partial charge in [0, 0.05) is 24.7 Å². The van der Waals surface area contributed by atoms with E-state index in [-0.39, 0.29) is 0 Å². The summed E-state index contributed by atoms with van der Waals surface area (Å²) in [4.78, 5) is 2.52. The van der Waals surface area contributed by atoms with E-state index in [1.807, 2.05) is 0 Å². The summed E-state index contributed by atoms with van der Waals surface area (Å²) in [7, 11) is 0. The van der Waals surface area contributed by atoms with Crippen LogP contribution in [-0.4, -0.2) is 13.1 Å². The first-order chi connectivity index (χ1) is 8.58. The van der Waals surface area contributed by atoms with E-state index in [4.69, 9.17) is 11.6 Å². The molecule has 1 saturated heterocycles. The quantitative estimate of drug-likeness (QED) is 0.713. The second kappa shape index (κ2) is 5.52. The number of hydrogen-bond acceptors (Lipinski definition) is 1. The van der Waals surface area contributed by atoms with Crippen LogP contribution in [0.25, 0.3) is 0 Å². The van der Waals surface area contributed by atoms with Crippen molar-refractivity contribution in [2.24, 2.45) is 5.41 Å². The van der Waals surface area contributed by atoms with Crippen LogP contribution in [0.5, 0.6) is 0 Å². The number of aryl methyl sites for hydroxylation is 1. The highest BCUT2D eigenvalue weighted by molar-refractivity contribution is 6.17. The second-order valence-electron chi connectivity index (χ2n) is 5.90. The van der Waals surface area contributed by atoms with Crippen LogP contribution in [0.3, 0.4) is 0 Å². The SMILES string of the molecule is CCC1(C)CCN(c2ccc(CCl)c(C)c2)CC1. The number of anilines is 1. The molecule has 1 fully saturated rings. The topological polar surface area (TPSA) is 3.24 Å². The molecule has 0 aromatic heterocycles. The Morgan fingerprint density at radius 3 is 2.44 bits per heavy atom. The Labute approximate surface area is 116 Å². The van der Waals surface area contributed by atoms with Crippen LogP contribution in [0.15, 0.2) is 18.2 Å². The molecule has 0 radical (unpaired) electrons. The molecule has 0 saturated carbocycles. The molecule has 2 heteroatoms. The number of piperidine rings is 1. The Hall–Kier alpha value is -0.690. The molecule has 0 atom stereocenters. The molecular formula is C16H24ClN. The summed E-state index contributed by atoms with van der Waals surface area (Å²) < 4.78 is 0. The minimum absolute atomic E-state index is 0.557. The average Bonchev–Trinajstić information content (AvgIpc) is 2.39. The Balaban J connectivity index is 2.08. The molecule has 0 amide bonds. The van der Waals surface area contributed by atoms with E-state index >= 15 is 0 Å². The summed E-state index contributed by atoms with van der Waals surface area (Å²) in [6.07, 6.45) is 3.91. The van der Waals surface area contributed by atoms with Gasteiger partial charge in [-0.05, 0) is 48.4 Å². The van der Waals surface area contributed by atoms with Crippen molar-refractivity contribution in [3.8, 4) is 0 Å². The summed E-state index contributed by atoms with van der Waals surface area (Å²) in [5, 5.41) is 0. The van der Waals surface area contributed by atoms with Gasteiger partial charge in [0.1, 0.15) is 0 Å². The van der Waals surface area contributed by atoms with Crippen molar-refractivity contribution >= 4 is 17.3 Å². The molecule has 1 aliphatic heterocycles. The molecule has 1 aromatic carbocycles. The first-order valence-electron chi connectivity index (χ1n) is 6.98. The van der Waals surface area contributed by atoms with Gasteiger partial charge in [0.05, 0.1) is 0 Å². The third kappa shape index (κ3) is 2.83. The van der Waals surface area contributed by atoms with Gasteiger partial charge in [0.2, 0.25) is 0 Å². The highest BCUT2D eigenvalue weighted by Gasteiger charge is 2.28. The normalized spacial score (nSPS) is 19.0. The molecule has 18 heavy (non-hydrogen) atoms. The molecule has 1 nitrogen and oxygen atoms in total. The van der Waals surface area contributed by atoms with Crippen LogP contribution < -0.4 is 4.90 Å². The molecule has 1 aliphatic rings. The Morgan fingerprint density at radius 2 is 1.94 bits per heavy atom. The van der Waals surface area contributed by atoms with Crippen LogP contribution in [0.1, 0.15) is 44.2 Å². The largest absolute Gasteiger partial charge is 0.371 e. The van der Waals surface area contributed by atoms with Crippen LogP contribution in [-0.2, 0) is 5.88 Å². The van der Waals surface area contributed by atoms with Crippen molar-refractivity contribution in [2.45, 2.75) is 45.9 Å². The summed E-state index contributed by atoms with van der Waals surface area (Å²) in [6.45, 7) is 9.26. The van der Waals surface area contributed by atoms with E-state index in [0.29, 0.717) is 11.3 Å². The van der Waals surface area contributed by atoms with Crippen molar-refractivity contribution in [1.82, 2.24) is 0 Å². The van der Waals surface area contributed by atoms with Crippen molar-refractivity contribution in [2.75, 3.05) is 18.0 Å². The summed E-state index contributed by atoms with van der Waals surface area (Å²) >= 11 is 5.91. The fourth-order valence-corrected chi connectivity index (χ4v) is 2.98. The van der Waals surface area contributed by atoms with Gasteiger partial charge in [0.25, 0.3) is 0 Å².